The van der Waals surface area contributed by atoms with Gasteiger partial charge in [-0.3, -0.25) is 4.79 Å². The highest BCUT2D eigenvalue weighted by atomic mass is 16.5. The highest BCUT2D eigenvalue weighted by molar-refractivity contribution is 5.76. The van der Waals surface area contributed by atoms with Crippen LogP contribution < -0.4 is 0 Å². The van der Waals surface area contributed by atoms with Gasteiger partial charge in [-0.2, -0.15) is 4.98 Å². The molecule has 2 aliphatic rings. The number of carbonyl (C=O) groups excluding carboxylic acids is 1. The highest BCUT2D eigenvalue weighted by Gasteiger charge is 2.26. The Bertz CT molecular complexity index is 629. The van der Waals surface area contributed by atoms with E-state index in [1.54, 1.807) is 0 Å². The standard InChI is InChI=1S/C22H38N4O2/c1-17-10-13-25(14-11-17)15-18-7-6-12-26(16-18)20(27)9-5-8-19-23-21(24-28-19)22(2,3)4/h17-18H,5-16H2,1-4H3. The molecule has 0 saturated carbocycles. The summed E-state index contributed by atoms with van der Waals surface area (Å²) in [5.41, 5.74) is -0.104. The molecule has 2 aliphatic heterocycles. The van der Waals surface area contributed by atoms with Crippen LogP contribution >= 0.6 is 0 Å². The van der Waals surface area contributed by atoms with Gasteiger partial charge in [-0.25, -0.2) is 0 Å². The summed E-state index contributed by atoms with van der Waals surface area (Å²) in [6.45, 7) is 14.0. The van der Waals surface area contributed by atoms with Crippen molar-refractivity contribution >= 4 is 5.91 Å². The maximum Gasteiger partial charge on any atom is 0.226 e. The molecule has 1 amide bonds. The van der Waals surface area contributed by atoms with Crippen molar-refractivity contribution in [1.82, 2.24) is 19.9 Å². The van der Waals surface area contributed by atoms with E-state index in [4.69, 9.17) is 4.52 Å². The van der Waals surface area contributed by atoms with Crippen molar-refractivity contribution < 1.29 is 9.32 Å². The molecule has 0 spiro atoms. The Labute approximate surface area is 170 Å². The third-order valence-corrected chi connectivity index (χ3v) is 6.18. The molecule has 158 valence electrons. The Morgan fingerprint density at radius 3 is 2.61 bits per heavy atom. The second kappa shape index (κ2) is 9.38. The Balaban J connectivity index is 1.39. The topological polar surface area (TPSA) is 62.5 Å². The molecule has 6 nitrogen and oxygen atoms in total. The van der Waals surface area contributed by atoms with E-state index in [1.165, 1.54) is 32.4 Å². The molecular weight excluding hydrogens is 352 g/mol. The van der Waals surface area contributed by atoms with Crippen LogP contribution in [0.5, 0.6) is 0 Å². The first-order valence-corrected chi connectivity index (χ1v) is 11.1. The molecule has 1 atom stereocenters. The lowest BCUT2D eigenvalue weighted by molar-refractivity contribution is -0.133. The maximum absolute atomic E-state index is 12.7. The second-order valence-electron chi connectivity index (χ2n) is 9.95. The lowest BCUT2D eigenvalue weighted by atomic mass is 9.94. The van der Waals surface area contributed by atoms with Crippen molar-refractivity contribution in [2.45, 2.75) is 78.1 Å². The number of hydrogen-bond acceptors (Lipinski definition) is 5. The van der Waals surface area contributed by atoms with Crippen LogP contribution in [0.3, 0.4) is 0 Å². The fourth-order valence-electron chi connectivity index (χ4n) is 4.26. The molecule has 28 heavy (non-hydrogen) atoms. The number of aromatic nitrogens is 2. The third-order valence-electron chi connectivity index (χ3n) is 6.18. The average molecular weight is 391 g/mol. The monoisotopic (exact) mass is 390 g/mol. The molecule has 3 heterocycles. The van der Waals surface area contributed by atoms with Crippen molar-refractivity contribution in [3.63, 3.8) is 0 Å². The first-order chi connectivity index (χ1) is 13.3. The largest absolute Gasteiger partial charge is 0.342 e. The number of hydrogen-bond donors (Lipinski definition) is 0. The van der Waals surface area contributed by atoms with Gasteiger partial charge in [0.1, 0.15) is 0 Å². The van der Waals surface area contributed by atoms with Gasteiger partial charge in [-0.05, 0) is 57.0 Å². The lowest BCUT2D eigenvalue weighted by Gasteiger charge is -2.38. The molecule has 1 aromatic rings. The number of piperidine rings is 2. The van der Waals surface area contributed by atoms with E-state index in [9.17, 15) is 4.79 Å². The number of carbonyl (C=O) groups is 1. The molecule has 0 aromatic carbocycles. The summed E-state index contributed by atoms with van der Waals surface area (Å²) in [5, 5.41) is 4.06. The summed E-state index contributed by atoms with van der Waals surface area (Å²) in [7, 11) is 0. The predicted octanol–water partition coefficient (Wildman–Crippen LogP) is 3.66. The normalized spacial score (nSPS) is 22.6. The Kier molecular flexibility index (Phi) is 7.13. The smallest absolute Gasteiger partial charge is 0.226 e. The molecule has 2 saturated heterocycles. The van der Waals surface area contributed by atoms with Crippen LogP contribution in [0.4, 0.5) is 0 Å². The van der Waals surface area contributed by atoms with E-state index in [0.29, 0.717) is 24.7 Å². The molecule has 0 N–H and O–H groups in total. The van der Waals surface area contributed by atoms with E-state index in [-0.39, 0.29) is 11.3 Å². The van der Waals surface area contributed by atoms with Gasteiger partial charge in [0, 0.05) is 37.9 Å². The van der Waals surface area contributed by atoms with Gasteiger partial charge in [0.05, 0.1) is 0 Å². The number of aryl methyl sites for hydroxylation is 1. The zero-order valence-corrected chi connectivity index (χ0v) is 18.2. The lowest BCUT2D eigenvalue weighted by Crippen LogP contribution is -2.45. The second-order valence-corrected chi connectivity index (χ2v) is 9.95. The Morgan fingerprint density at radius 1 is 1.18 bits per heavy atom. The van der Waals surface area contributed by atoms with Crippen LogP contribution in [-0.4, -0.2) is 58.6 Å². The fourth-order valence-corrected chi connectivity index (χ4v) is 4.26. The van der Waals surface area contributed by atoms with Crippen LogP contribution in [0.15, 0.2) is 4.52 Å². The summed E-state index contributed by atoms with van der Waals surface area (Å²) in [6, 6.07) is 0. The first kappa shape index (κ1) is 21.3. The van der Waals surface area contributed by atoms with Crippen LogP contribution in [-0.2, 0) is 16.6 Å². The van der Waals surface area contributed by atoms with E-state index in [2.05, 4.69) is 47.6 Å². The van der Waals surface area contributed by atoms with E-state index < -0.39 is 0 Å². The van der Waals surface area contributed by atoms with Crippen molar-refractivity contribution in [2.24, 2.45) is 11.8 Å². The Hall–Kier alpha value is -1.43. The van der Waals surface area contributed by atoms with Crippen molar-refractivity contribution in [3.05, 3.63) is 11.7 Å². The molecule has 6 heteroatoms. The number of amides is 1. The highest BCUT2D eigenvalue weighted by Crippen LogP contribution is 2.23. The molecular formula is C22H38N4O2. The predicted molar refractivity (Wildman–Crippen MR) is 110 cm³/mol. The van der Waals surface area contributed by atoms with E-state index in [0.717, 1.165) is 44.2 Å². The van der Waals surface area contributed by atoms with Gasteiger partial charge in [0.25, 0.3) is 0 Å². The minimum Gasteiger partial charge on any atom is -0.342 e. The van der Waals surface area contributed by atoms with Crippen molar-refractivity contribution in [3.8, 4) is 0 Å². The molecule has 0 bridgehead atoms. The molecule has 0 aliphatic carbocycles. The minimum atomic E-state index is -0.104. The van der Waals surface area contributed by atoms with Crippen LogP contribution in [0, 0.1) is 11.8 Å². The first-order valence-electron chi connectivity index (χ1n) is 11.1. The summed E-state index contributed by atoms with van der Waals surface area (Å²) in [4.78, 5) is 21.8. The fraction of sp³-hybridized carbons (Fsp3) is 0.864. The summed E-state index contributed by atoms with van der Waals surface area (Å²) < 4.78 is 5.34. The molecule has 0 radical (unpaired) electrons. The van der Waals surface area contributed by atoms with E-state index in [1.807, 2.05) is 0 Å². The van der Waals surface area contributed by atoms with Gasteiger partial charge in [-0.15, -0.1) is 0 Å². The van der Waals surface area contributed by atoms with Crippen molar-refractivity contribution in [2.75, 3.05) is 32.7 Å². The minimum absolute atomic E-state index is 0.104. The molecule has 3 rings (SSSR count). The summed E-state index contributed by atoms with van der Waals surface area (Å²) in [6.07, 6.45) is 7.06. The maximum atomic E-state index is 12.7. The van der Waals surface area contributed by atoms with Gasteiger partial charge < -0.3 is 14.3 Å². The number of rotatable bonds is 6. The van der Waals surface area contributed by atoms with Crippen molar-refractivity contribution in [1.29, 1.82) is 0 Å². The van der Waals surface area contributed by atoms with E-state index >= 15 is 0 Å². The number of nitrogens with zero attached hydrogens (tertiary/aromatic N) is 4. The SMILES string of the molecule is CC1CCN(CC2CCCN(C(=O)CCCc3nc(C(C)(C)C)no3)C2)CC1. The summed E-state index contributed by atoms with van der Waals surface area (Å²) in [5.74, 6) is 3.18. The van der Waals surface area contributed by atoms with Crippen LogP contribution in [0.25, 0.3) is 0 Å². The van der Waals surface area contributed by atoms with Gasteiger partial charge in [0.2, 0.25) is 11.8 Å². The molecule has 2 fully saturated rings. The summed E-state index contributed by atoms with van der Waals surface area (Å²) >= 11 is 0. The third kappa shape index (κ3) is 6.03. The average Bonchev–Trinajstić information content (AvgIpc) is 3.13. The Morgan fingerprint density at radius 2 is 1.93 bits per heavy atom. The van der Waals surface area contributed by atoms with Crippen LogP contribution in [0.2, 0.25) is 0 Å². The molecule has 1 unspecified atom stereocenters. The van der Waals surface area contributed by atoms with Gasteiger partial charge in [-0.1, -0.05) is 32.9 Å². The zero-order chi connectivity index (χ0) is 20.1. The van der Waals surface area contributed by atoms with Gasteiger partial charge >= 0.3 is 0 Å². The number of likely N-dealkylation sites (tertiary alicyclic amines) is 2. The van der Waals surface area contributed by atoms with Crippen LogP contribution in [0.1, 0.15) is 77.9 Å². The van der Waals surface area contributed by atoms with Gasteiger partial charge in [0.15, 0.2) is 5.82 Å². The zero-order valence-electron chi connectivity index (χ0n) is 18.2. The quantitative estimate of drug-likeness (QED) is 0.742. The molecule has 1 aromatic heterocycles.